The summed E-state index contributed by atoms with van der Waals surface area (Å²) in [5.41, 5.74) is 6.08. The predicted molar refractivity (Wildman–Crippen MR) is 57.0 cm³/mol. The molecule has 13 heavy (non-hydrogen) atoms. The number of aryl methyl sites for hydroxylation is 2. The van der Waals surface area contributed by atoms with Crippen LogP contribution in [0.1, 0.15) is 30.0 Å². The van der Waals surface area contributed by atoms with Gasteiger partial charge in [0, 0.05) is 0 Å². The highest BCUT2D eigenvalue weighted by molar-refractivity contribution is 5.37. The highest BCUT2D eigenvalue weighted by Crippen LogP contribution is 2.25. The van der Waals surface area contributed by atoms with Gasteiger partial charge in [-0.3, -0.25) is 0 Å². The molecule has 1 aromatic rings. The lowest BCUT2D eigenvalue weighted by Crippen LogP contribution is -2.05. The summed E-state index contributed by atoms with van der Waals surface area (Å²) in [6, 6.07) is 6.84. The van der Waals surface area contributed by atoms with Crippen molar-refractivity contribution in [2.24, 2.45) is 0 Å². The molecule has 0 nitrogen and oxygen atoms in total. The Morgan fingerprint density at radius 1 is 1.15 bits per heavy atom. The van der Waals surface area contributed by atoms with Gasteiger partial charge in [0.25, 0.3) is 0 Å². The molecule has 0 saturated heterocycles. The van der Waals surface area contributed by atoms with Crippen LogP contribution >= 0.6 is 0 Å². The number of hydrogen-bond donors (Lipinski definition) is 0. The van der Waals surface area contributed by atoms with E-state index in [0.717, 1.165) is 0 Å². The Morgan fingerprint density at radius 3 is 2.77 bits per heavy atom. The highest BCUT2D eigenvalue weighted by atomic mass is 14.2. The summed E-state index contributed by atoms with van der Waals surface area (Å²) in [4.78, 5) is 0. The standard InChI is InChI=1S/C13H16/c1-3-11-5-7-12-8-10(2)4-6-13(12)9-11/h3-4,6,8H,5,7,9H2,1-2H3/b11-3+. The minimum absolute atomic E-state index is 1.17. The Bertz CT molecular complexity index is 345. The van der Waals surface area contributed by atoms with Gasteiger partial charge in [0.1, 0.15) is 0 Å². The maximum absolute atomic E-state index is 2.34. The summed E-state index contributed by atoms with van der Waals surface area (Å²) >= 11 is 0. The Morgan fingerprint density at radius 2 is 2.00 bits per heavy atom. The summed E-state index contributed by atoms with van der Waals surface area (Å²) in [5, 5.41) is 0. The highest BCUT2D eigenvalue weighted by Gasteiger charge is 2.11. The van der Waals surface area contributed by atoms with Gasteiger partial charge in [-0.15, -0.1) is 0 Å². The summed E-state index contributed by atoms with van der Waals surface area (Å²) in [7, 11) is 0. The number of rotatable bonds is 0. The predicted octanol–water partition coefficient (Wildman–Crippen LogP) is 3.43. The molecule has 0 heteroatoms. The minimum atomic E-state index is 1.17. The zero-order valence-electron chi connectivity index (χ0n) is 8.43. The van der Waals surface area contributed by atoms with Crippen LogP contribution in [-0.4, -0.2) is 0 Å². The van der Waals surface area contributed by atoms with E-state index < -0.39 is 0 Å². The van der Waals surface area contributed by atoms with Crippen LogP contribution in [0.15, 0.2) is 29.8 Å². The Hall–Kier alpha value is -1.04. The first kappa shape index (κ1) is 8.55. The van der Waals surface area contributed by atoms with Crippen molar-refractivity contribution in [3.8, 4) is 0 Å². The molecule has 2 rings (SSSR count). The normalized spacial score (nSPS) is 18.8. The molecular weight excluding hydrogens is 156 g/mol. The average molecular weight is 172 g/mol. The average Bonchev–Trinajstić information content (AvgIpc) is 2.17. The quantitative estimate of drug-likeness (QED) is 0.526. The molecule has 0 N–H and O–H groups in total. The van der Waals surface area contributed by atoms with E-state index >= 15 is 0 Å². The maximum atomic E-state index is 2.34. The van der Waals surface area contributed by atoms with Crippen molar-refractivity contribution in [3.63, 3.8) is 0 Å². The van der Waals surface area contributed by atoms with E-state index in [0.29, 0.717) is 0 Å². The van der Waals surface area contributed by atoms with Crippen LogP contribution in [0.3, 0.4) is 0 Å². The van der Waals surface area contributed by atoms with Crippen molar-refractivity contribution in [1.82, 2.24) is 0 Å². The van der Waals surface area contributed by atoms with Gasteiger partial charge in [-0.2, -0.15) is 0 Å². The molecule has 1 aliphatic carbocycles. The van der Waals surface area contributed by atoms with Gasteiger partial charge in [-0.25, -0.2) is 0 Å². The molecule has 0 spiro atoms. The summed E-state index contributed by atoms with van der Waals surface area (Å²) in [6.07, 6.45) is 5.93. The molecule has 0 bridgehead atoms. The number of benzene rings is 1. The van der Waals surface area contributed by atoms with Crippen molar-refractivity contribution in [3.05, 3.63) is 46.5 Å². The molecule has 0 heterocycles. The first-order valence-electron chi connectivity index (χ1n) is 5.02. The molecular formula is C13H16. The first-order chi connectivity index (χ1) is 6.29. The second-order valence-corrected chi connectivity index (χ2v) is 3.90. The van der Waals surface area contributed by atoms with Gasteiger partial charge in [0.15, 0.2) is 0 Å². The lowest BCUT2D eigenvalue weighted by molar-refractivity contribution is 0.832. The van der Waals surface area contributed by atoms with Gasteiger partial charge >= 0.3 is 0 Å². The largest absolute Gasteiger partial charge is 0.0881 e. The van der Waals surface area contributed by atoms with Crippen LogP contribution in [0, 0.1) is 6.92 Å². The number of allylic oxidation sites excluding steroid dienone is 2. The topological polar surface area (TPSA) is 0 Å². The molecule has 68 valence electrons. The molecule has 0 amide bonds. The molecule has 0 fully saturated rings. The maximum Gasteiger partial charge on any atom is -0.00644 e. The lowest BCUT2D eigenvalue weighted by Gasteiger charge is -2.18. The van der Waals surface area contributed by atoms with E-state index in [4.69, 9.17) is 0 Å². The lowest BCUT2D eigenvalue weighted by atomic mass is 9.87. The van der Waals surface area contributed by atoms with E-state index in [1.54, 1.807) is 11.1 Å². The van der Waals surface area contributed by atoms with Crippen molar-refractivity contribution in [2.45, 2.75) is 33.1 Å². The van der Waals surface area contributed by atoms with E-state index in [-0.39, 0.29) is 0 Å². The number of hydrogen-bond acceptors (Lipinski definition) is 0. The fourth-order valence-electron chi connectivity index (χ4n) is 2.03. The molecule has 1 aliphatic rings. The van der Waals surface area contributed by atoms with E-state index in [9.17, 15) is 0 Å². The first-order valence-corrected chi connectivity index (χ1v) is 5.02. The van der Waals surface area contributed by atoms with Gasteiger partial charge in [-0.05, 0) is 44.2 Å². The zero-order valence-corrected chi connectivity index (χ0v) is 8.43. The summed E-state index contributed by atoms with van der Waals surface area (Å²) < 4.78 is 0. The van der Waals surface area contributed by atoms with Gasteiger partial charge in [-0.1, -0.05) is 35.4 Å². The SMILES string of the molecule is C/C=C1\CCc2cc(C)ccc2C1. The van der Waals surface area contributed by atoms with Crippen LogP contribution < -0.4 is 0 Å². The Labute approximate surface area is 80.3 Å². The van der Waals surface area contributed by atoms with Crippen LogP contribution in [-0.2, 0) is 12.8 Å². The molecule has 0 aliphatic heterocycles. The molecule has 0 saturated carbocycles. The second-order valence-electron chi connectivity index (χ2n) is 3.90. The van der Waals surface area contributed by atoms with E-state index in [2.05, 4.69) is 38.1 Å². The van der Waals surface area contributed by atoms with Gasteiger partial charge < -0.3 is 0 Å². The van der Waals surface area contributed by atoms with Crippen LogP contribution in [0.5, 0.6) is 0 Å². The van der Waals surface area contributed by atoms with Crippen LogP contribution in [0.4, 0.5) is 0 Å². The smallest absolute Gasteiger partial charge is 0.00644 e. The molecule has 0 atom stereocenters. The number of fused-ring (bicyclic) bond motifs is 1. The van der Waals surface area contributed by atoms with Crippen LogP contribution in [0.25, 0.3) is 0 Å². The van der Waals surface area contributed by atoms with Crippen molar-refractivity contribution >= 4 is 0 Å². The molecule has 1 aromatic carbocycles. The molecule has 0 aromatic heterocycles. The molecule has 0 unspecified atom stereocenters. The zero-order chi connectivity index (χ0) is 9.26. The van der Waals surface area contributed by atoms with Crippen molar-refractivity contribution < 1.29 is 0 Å². The third kappa shape index (κ3) is 1.67. The van der Waals surface area contributed by atoms with Gasteiger partial charge in [0.05, 0.1) is 0 Å². The third-order valence-electron chi connectivity index (χ3n) is 2.90. The Kier molecular flexibility index (Phi) is 2.22. The fraction of sp³-hybridized carbons (Fsp3) is 0.385. The minimum Gasteiger partial charge on any atom is -0.0881 e. The van der Waals surface area contributed by atoms with Crippen molar-refractivity contribution in [1.29, 1.82) is 0 Å². The van der Waals surface area contributed by atoms with Crippen LogP contribution in [0.2, 0.25) is 0 Å². The van der Waals surface area contributed by atoms with Gasteiger partial charge in [0.2, 0.25) is 0 Å². The third-order valence-corrected chi connectivity index (χ3v) is 2.90. The molecule has 0 radical (unpaired) electrons. The summed E-state index contributed by atoms with van der Waals surface area (Å²) in [6.45, 7) is 4.32. The second kappa shape index (κ2) is 3.37. The fourth-order valence-corrected chi connectivity index (χ4v) is 2.03. The Balaban J connectivity index is 2.37. The van der Waals surface area contributed by atoms with E-state index in [1.807, 2.05) is 0 Å². The van der Waals surface area contributed by atoms with E-state index in [1.165, 1.54) is 30.4 Å². The monoisotopic (exact) mass is 172 g/mol. The van der Waals surface area contributed by atoms with Crippen molar-refractivity contribution in [2.75, 3.05) is 0 Å². The summed E-state index contributed by atoms with van der Waals surface area (Å²) in [5.74, 6) is 0.